The lowest BCUT2D eigenvalue weighted by Crippen LogP contribution is -2.34. The predicted octanol–water partition coefficient (Wildman–Crippen LogP) is 3.38. The van der Waals surface area contributed by atoms with Crippen LogP contribution in [0.1, 0.15) is 24.0 Å². The Morgan fingerprint density at radius 2 is 2.35 bits per heavy atom. The van der Waals surface area contributed by atoms with Gasteiger partial charge in [-0.25, -0.2) is 0 Å². The second-order valence-electron chi connectivity index (χ2n) is 4.80. The van der Waals surface area contributed by atoms with Gasteiger partial charge in [0.25, 0.3) is 0 Å². The molecule has 2 rings (SSSR count). The van der Waals surface area contributed by atoms with E-state index in [1.807, 2.05) is 13.0 Å². The highest BCUT2D eigenvalue weighted by atomic mass is 35.5. The fourth-order valence-corrected chi connectivity index (χ4v) is 2.62. The van der Waals surface area contributed by atoms with E-state index in [1.54, 1.807) is 0 Å². The van der Waals surface area contributed by atoms with Crippen molar-refractivity contribution in [1.82, 2.24) is 4.90 Å². The van der Waals surface area contributed by atoms with E-state index in [9.17, 15) is 0 Å². The minimum absolute atomic E-state index is 0.188. The molecule has 1 fully saturated rings. The zero-order valence-electron chi connectivity index (χ0n) is 10.1. The van der Waals surface area contributed by atoms with Gasteiger partial charge >= 0.3 is 0 Å². The second kappa shape index (κ2) is 5.53. The summed E-state index contributed by atoms with van der Waals surface area (Å²) in [5.41, 5.74) is 2.35. The van der Waals surface area contributed by atoms with Crippen molar-refractivity contribution in [3.8, 4) is 6.07 Å². The van der Waals surface area contributed by atoms with E-state index in [0.29, 0.717) is 0 Å². The Balaban J connectivity index is 2.03. The van der Waals surface area contributed by atoms with Crippen molar-refractivity contribution in [3.05, 3.63) is 34.3 Å². The molecule has 90 valence electrons. The van der Waals surface area contributed by atoms with Crippen LogP contribution in [0.4, 0.5) is 0 Å². The van der Waals surface area contributed by atoms with Gasteiger partial charge in [-0.3, -0.25) is 4.90 Å². The molecule has 2 nitrogen and oxygen atoms in total. The Morgan fingerprint density at radius 3 is 3.06 bits per heavy atom. The van der Waals surface area contributed by atoms with Crippen LogP contribution in [0.15, 0.2) is 18.2 Å². The van der Waals surface area contributed by atoms with Gasteiger partial charge in [0.05, 0.1) is 12.0 Å². The van der Waals surface area contributed by atoms with Crippen LogP contribution in [-0.4, -0.2) is 18.0 Å². The molecule has 1 aromatic rings. The van der Waals surface area contributed by atoms with Crippen molar-refractivity contribution in [3.63, 3.8) is 0 Å². The molecule has 1 aromatic carbocycles. The molecule has 0 radical (unpaired) electrons. The third-order valence-electron chi connectivity index (χ3n) is 3.29. The van der Waals surface area contributed by atoms with Gasteiger partial charge in [0, 0.05) is 18.1 Å². The fourth-order valence-electron chi connectivity index (χ4n) is 2.33. The van der Waals surface area contributed by atoms with E-state index in [4.69, 9.17) is 16.9 Å². The first-order valence-electron chi connectivity index (χ1n) is 6.06. The van der Waals surface area contributed by atoms with E-state index in [1.165, 1.54) is 5.56 Å². The summed E-state index contributed by atoms with van der Waals surface area (Å²) in [6, 6.07) is 8.55. The van der Waals surface area contributed by atoms with Crippen LogP contribution in [0.2, 0.25) is 5.02 Å². The number of hydrogen-bond acceptors (Lipinski definition) is 2. The molecule has 0 aliphatic carbocycles. The lowest BCUT2D eigenvalue weighted by Gasteiger charge is -2.29. The van der Waals surface area contributed by atoms with Crippen molar-refractivity contribution < 1.29 is 0 Å². The number of aryl methyl sites for hydroxylation is 1. The van der Waals surface area contributed by atoms with E-state index >= 15 is 0 Å². The molecule has 1 saturated heterocycles. The second-order valence-corrected chi connectivity index (χ2v) is 5.21. The van der Waals surface area contributed by atoms with Crippen molar-refractivity contribution in [2.45, 2.75) is 26.3 Å². The Labute approximate surface area is 108 Å². The quantitative estimate of drug-likeness (QED) is 0.802. The van der Waals surface area contributed by atoms with Gasteiger partial charge in [-0.2, -0.15) is 5.26 Å². The largest absolute Gasteiger partial charge is 0.298 e. The summed E-state index contributed by atoms with van der Waals surface area (Å²) in [6.45, 7) is 4.85. The third-order valence-corrected chi connectivity index (χ3v) is 3.64. The summed E-state index contributed by atoms with van der Waals surface area (Å²) in [5, 5.41) is 9.80. The number of piperidine rings is 1. The van der Waals surface area contributed by atoms with Crippen LogP contribution in [0.25, 0.3) is 0 Å². The summed E-state index contributed by atoms with van der Waals surface area (Å²) >= 11 is 6.23. The van der Waals surface area contributed by atoms with E-state index in [0.717, 1.165) is 43.1 Å². The highest BCUT2D eigenvalue weighted by molar-refractivity contribution is 6.31. The lowest BCUT2D eigenvalue weighted by atomic mass is 9.99. The Kier molecular flexibility index (Phi) is 4.04. The minimum atomic E-state index is 0.188. The molecule has 1 aliphatic heterocycles. The summed E-state index contributed by atoms with van der Waals surface area (Å²) in [5.74, 6) is 0.188. The molecule has 0 bridgehead atoms. The van der Waals surface area contributed by atoms with E-state index < -0.39 is 0 Å². The molecule has 1 unspecified atom stereocenters. The minimum Gasteiger partial charge on any atom is -0.298 e. The number of rotatable bonds is 2. The lowest BCUT2D eigenvalue weighted by molar-refractivity contribution is 0.192. The highest BCUT2D eigenvalue weighted by Crippen LogP contribution is 2.22. The topological polar surface area (TPSA) is 27.0 Å². The average molecular weight is 249 g/mol. The molecular formula is C14H17ClN2. The zero-order valence-corrected chi connectivity index (χ0v) is 10.9. The maximum Gasteiger partial charge on any atom is 0.0669 e. The average Bonchev–Trinajstić information content (AvgIpc) is 2.33. The van der Waals surface area contributed by atoms with Crippen molar-refractivity contribution in [1.29, 1.82) is 5.26 Å². The Bertz CT molecular complexity index is 436. The molecular weight excluding hydrogens is 232 g/mol. The summed E-state index contributed by atoms with van der Waals surface area (Å²) in [6.07, 6.45) is 2.15. The molecule has 17 heavy (non-hydrogen) atoms. The molecule has 0 spiro atoms. The molecule has 1 atom stereocenters. The highest BCUT2D eigenvalue weighted by Gasteiger charge is 2.19. The molecule has 3 heteroatoms. The fraction of sp³-hybridized carbons (Fsp3) is 0.500. The molecule has 1 heterocycles. The zero-order chi connectivity index (χ0) is 12.3. The van der Waals surface area contributed by atoms with Crippen LogP contribution in [0, 0.1) is 24.2 Å². The third kappa shape index (κ3) is 3.21. The monoisotopic (exact) mass is 248 g/mol. The maximum absolute atomic E-state index is 8.96. The van der Waals surface area contributed by atoms with Crippen LogP contribution in [-0.2, 0) is 6.54 Å². The van der Waals surface area contributed by atoms with Crippen LogP contribution in [0.5, 0.6) is 0 Å². The summed E-state index contributed by atoms with van der Waals surface area (Å²) in [4.78, 5) is 2.33. The van der Waals surface area contributed by atoms with Gasteiger partial charge in [-0.1, -0.05) is 23.7 Å². The number of nitriles is 1. The van der Waals surface area contributed by atoms with Crippen LogP contribution in [0.3, 0.4) is 0 Å². The van der Waals surface area contributed by atoms with Gasteiger partial charge in [-0.05, 0) is 43.5 Å². The molecule has 0 saturated carbocycles. The summed E-state index contributed by atoms with van der Waals surface area (Å²) in [7, 11) is 0. The van der Waals surface area contributed by atoms with Crippen molar-refractivity contribution in [2.75, 3.05) is 13.1 Å². The van der Waals surface area contributed by atoms with Gasteiger partial charge in [0.1, 0.15) is 0 Å². The normalized spacial score (nSPS) is 21.1. The molecule has 0 aromatic heterocycles. The molecule has 0 N–H and O–H groups in total. The predicted molar refractivity (Wildman–Crippen MR) is 69.8 cm³/mol. The number of hydrogen-bond donors (Lipinski definition) is 0. The number of benzene rings is 1. The SMILES string of the molecule is Cc1ccc(CN2CCCC(C#N)C2)c(Cl)c1. The van der Waals surface area contributed by atoms with Gasteiger partial charge in [-0.15, -0.1) is 0 Å². The Morgan fingerprint density at radius 1 is 1.53 bits per heavy atom. The van der Waals surface area contributed by atoms with Gasteiger partial charge in [0.15, 0.2) is 0 Å². The van der Waals surface area contributed by atoms with Crippen LogP contribution < -0.4 is 0 Å². The molecule has 1 aliphatic rings. The van der Waals surface area contributed by atoms with Crippen LogP contribution >= 0.6 is 11.6 Å². The standard InChI is InChI=1S/C14H17ClN2/c1-11-4-5-13(14(15)7-11)10-17-6-2-3-12(8-16)9-17/h4-5,7,12H,2-3,6,9-10H2,1H3. The van der Waals surface area contributed by atoms with E-state index in [-0.39, 0.29) is 5.92 Å². The Hall–Kier alpha value is -1.04. The van der Waals surface area contributed by atoms with Gasteiger partial charge in [0.2, 0.25) is 0 Å². The first-order valence-corrected chi connectivity index (χ1v) is 6.44. The van der Waals surface area contributed by atoms with Crippen molar-refractivity contribution >= 4 is 11.6 Å². The first kappa shape index (κ1) is 12.4. The van der Waals surface area contributed by atoms with E-state index in [2.05, 4.69) is 23.1 Å². The number of nitrogens with zero attached hydrogens (tertiary/aromatic N) is 2. The number of halogens is 1. The first-order chi connectivity index (χ1) is 8.19. The van der Waals surface area contributed by atoms with Crippen molar-refractivity contribution in [2.24, 2.45) is 5.92 Å². The maximum atomic E-state index is 8.96. The number of likely N-dealkylation sites (tertiary alicyclic amines) is 1. The smallest absolute Gasteiger partial charge is 0.0669 e. The van der Waals surface area contributed by atoms with Gasteiger partial charge < -0.3 is 0 Å². The molecule has 0 amide bonds. The summed E-state index contributed by atoms with van der Waals surface area (Å²) < 4.78 is 0.